The Kier molecular flexibility index (Phi) is 7.44. The number of aliphatic hydroxyl groups is 1. The Balaban J connectivity index is 0.00000272. The van der Waals surface area contributed by atoms with Crippen molar-refractivity contribution >= 4 is 46.0 Å². The van der Waals surface area contributed by atoms with E-state index >= 15 is 0 Å². The maximum atomic E-state index is 12.4. The molecule has 4 rings (SSSR count). The van der Waals surface area contributed by atoms with Crippen molar-refractivity contribution in [1.29, 1.82) is 0 Å². The smallest absolute Gasteiger partial charge is 0.543 e. The molecule has 162 valence electrons. The average Bonchev–Trinajstić information content (AvgIpc) is 3.20. The van der Waals surface area contributed by atoms with Gasteiger partial charge in [-0.3, -0.25) is 9.59 Å². The van der Waals surface area contributed by atoms with Gasteiger partial charge in [0.25, 0.3) is 5.91 Å². The van der Waals surface area contributed by atoms with E-state index < -0.39 is 18.0 Å². The van der Waals surface area contributed by atoms with Crippen molar-refractivity contribution in [1.82, 2.24) is 15.2 Å². The molecule has 9 nitrogen and oxygen atoms in total. The van der Waals surface area contributed by atoms with Crippen LogP contribution in [0.4, 0.5) is 5.13 Å². The van der Waals surface area contributed by atoms with Crippen LogP contribution >= 0.6 is 23.1 Å². The van der Waals surface area contributed by atoms with E-state index in [1.54, 1.807) is 12.3 Å². The molecule has 0 radical (unpaired) electrons. The number of β-lactam (4-membered cyclic amide) rings is 1. The zero-order chi connectivity index (χ0) is 21.7. The molecule has 0 spiro atoms. The first kappa shape index (κ1) is 24.5. The van der Waals surface area contributed by atoms with Crippen LogP contribution in [0.15, 0.2) is 16.0 Å². The molecule has 1 aromatic rings. The second-order valence-corrected chi connectivity index (χ2v) is 9.95. The number of hydrogen-bond acceptors (Lipinski definition) is 9. The number of rotatable bonds is 7. The van der Waals surface area contributed by atoms with Gasteiger partial charge in [-0.05, 0) is 13.8 Å². The third-order valence-corrected chi connectivity index (χ3v) is 8.13. The van der Waals surface area contributed by atoms with Crippen molar-refractivity contribution < 1.29 is 54.2 Å². The summed E-state index contributed by atoms with van der Waals surface area (Å²) in [6.07, 6.45) is -0.822. The predicted molar refractivity (Wildman–Crippen MR) is 111 cm³/mol. The molecule has 31 heavy (non-hydrogen) atoms. The van der Waals surface area contributed by atoms with Gasteiger partial charge in [0, 0.05) is 41.1 Å². The number of fused-ring (bicyclic) bond motifs is 1. The Morgan fingerprint density at radius 2 is 2.13 bits per heavy atom. The van der Waals surface area contributed by atoms with Gasteiger partial charge in [0.15, 0.2) is 5.13 Å². The number of carbonyl (C=O) groups excluding carboxylic acids is 3. The summed E-state index contributed by atoms with van der Waals surface area (Å²) >= 11 is 2.86. The number of thiazole rings is 1. The number of nitrogens with zero attached hydrogens (tertiary/aromatic N) is 3. The van der Waals surface area contributed by atoms with Gasteiger partial charge in [0.2, 0.25) is 5.91 Å². The van der Waals surface area contributed by atoms with Crippen LogP contribution in [0.25, 0.3) is 0 Å². The molecule has 0 aromatic carbocycles. The zero-order valence-electron chi connectivity index (χ0n) is 17.8. The minimum Gasteiger partial charge on any atom is -0.543 e. The van der Waals surface area contributed by atoms with Crippen molar-refractivity contribution in [3.63, 3.8) is 0 Å². The first-order valence-corrected chi connectivity index (χ1v) is 11.6. The number of carbonyl (C=O) groups is 3. The molecular formula is C19H23N4NaO5S2. The number of anilines is 1. The fraction of sp³-hybridized carbons (Fsp3) is 0.579. The normalized spacial score (nSPS) is 26.1. The number of hydrogen-bond donors (Lipinski definition) is 2. The van der Waals surface area contributed by atoms with Crippen LogP contribution in [-0.2, 0) is 9.59 Å². The second-order valence-electron chi connectivity index (χ2n) is 7.77. The molecule has 3 aliphatic rings. The third kappa shape index (κ3) is 4.16. The average molecular weight is 475 g/mol. The van der Waals surface area contributed by atoms with E-state index in [1.165, 1.54) is 28.0 Å². The fourth-order valence-corrected chi connectivity index (χ4v) is 6.62. The number of nitrogens with one attached hydrogen (secondary N) is 1. The predicted octanol–water partition coefficient (Wildman–Crippen LogP) is -3.36. The van der Waals surface area contributed by atoms with E-state index in [0.29, 0.717) is 30.2 Å². The number of carboxylic acids is 1. The standard InChI is InChI=1S/C19H24N4O5S2.Na/c1-4-20-16(25)11-7-29-19(21-11)22-5-10(6-22)30-15-8(2)13-12(9(3)24)17(26)23(13)14(15)18(27)28;/h7-10,12-13,24H,4-6H2,1-3H3,(H,20,25)(H,27,28);/q;+1/p-1/t8-,9-,12-,13-;/m1./s1. The summed E-state index contributed by atoms with van der Waals surface area (Å²) in [4.78, 5) is 44.4. The maximum Gasteiger partial charge on any atom is 1.00 e. The molecule has 2 saturated heterocycles. The van der Waals surface area contributed by atoms with Crippen molar-refractivity contribution in [2.75, 3.05) is 24.5 Å². The third-order valence-electron chi connectivity index (χ3n) is 5.78. The number of amides is 2. The van der Waals surface area contributed by atoms with Gasteiger partial charge < -0.3 is 30.1 Å². The minimum atomic E-state index is -1.35. The van der Waals surface area contributed by atoms with Gasteiger partial charge in [-0.2, -0.15) is 0 Å². The molecule has 0 aliphatic carbocycles. The first-order chi connectivity index (χ1) is 14.2. The van der Waals surface area contributed by atoms with Gasteiger partial charge in [-0.25, -0.2) is 4.98 Å². The monoisotopic (exact) mass is 474 g/mol. The van der Waals surface area contributed by atoms with E-state index in [0.717, 1.165) is 5.13 Å². The summed E-state index contributed by atoms with van der Waals surface area (Å²) in [5.41, 5.74) is 0.344. The van der Waals surface area contributed by atoms with Crippen LogP contribution in [0.5, 0.6) is 0 Å². The molecule has 1 aromatic heterocycles. The first-order valence-electron chi connectivity index (χ1n) is 9.86. The number of carboxylic acid groups (broad SMARTS) is 1. The topological polar surface area (TPSA) is 126 Å². The zero-order valence-corrected chi connectivity index (χ0v) is 21.5. The molecule has 0 unspecified atom stereocenters. The summed E-state index contributed by atoms with van der Waals surface area (Å²) < 4.78 is 0. The summed E-state index contributed by atoms with van der Waals surface area (Å²) in [5, 5.41) is 27.0. The van der Waals surface area contributed by atoms with Crippen molar-refractivity contribution in [2.24, 2.45) is 11.8 Å². The quantitative estimate of drug-likeness (QED) is 0.310. The fourth-order valence-electron chi connectivity index (χ4n) is 4.28. The number of aromatic nitrogens is 1. The summed E-state index contributed by atoms with van der Waals surface area (Å²) in [5.74, 6) is -2.65. The van der Waals surface area contributed by atoms with Gasteiger partial charge in [0.05, 0.1) is 29.7 Å². The molecule has 12 heteroatoms. The number of thioether (sulfide) groups is 1. The maximum absolute atomic E-state index is 12.4. The van der Waals surface area contributed by atoms with Crippen molar-refractivity contribution in [3.05, 3.63) is 21.7 Å². The molecule has 3 aliphatic heterocycles. The molecule has 4 atom stereocenters. The van der Waals surface area contributed by atoms with E-state index in [4.69, 9.17) is 0 Å². The van der Waals surface area contributed by atoms with Gasteiger partial charge in [-0.1, -0.05) is 6.92 Å². The van der Waals surface area contributed by atoms with Crippen LogP contribution in [0, 0.1) is 11.8 Å². The Morgan fingerprint density at radius 3 is 2.71 bits per heavy atom. The van der Waals surface area contributed by atoms with E-state index in [1.807, 2.05) is 18.7 Å². The van der Waals surface area contributed by atoms with Gasteiger partial charge in [-0.15, -0.1) is 23.1 Å². The number of aliphatic hydroxyl groups excluding tert-OH is 1. The van der Waals surface area contributed by atoms with E-state index in [2.05, 4.69) is 10.3 Å². The summed E-state index contributed by atoms with van der Waals surface area (Å²) in [6.45, 7) is 7.18. The summed E-state index contributed by atoms with van der Waals surface area (Å²) in [7, 11) is 0. The van der Waals surface area contributed by atoms with Crippen molar-refractivity contribution in [2.45, 2.75) is 38.2 Å². The van der Waals surface area contributed by atoms with Gasteiger partial charge in [0.1, 0.15) is 5.69 Å². The Hall–Kier alpha value is -1.11. The SMILES string of the molecule is CCNC(=O)c1csc(N2CC(SC3=C(C(=O)[O-])N4C(=O)[C@H]([C@@H](C)O)[C@H]4[C@H]3C)C2)n1.[Na+]. The summed E-state index contributed by atoms with van der Waals surface area (Å²) in [6, 6.07) is -0.331. The second kappa shape index (κ2) is 9.40. The van der Waals surface area contributed by atoms with E-state index in [-0.39, 0.29) is 64.3 Å². The molecule has 2 fully saturated rings. The largest absolute Gasteiger partial charge is 1.00 e. The van der Waals surface area contributed by atoms with E-state index in [9.17, 15) is 24.6 Å². The van der Waals surface area contributed by atoms with Crippen LogP contribution < -0.4 is 44.9 Å². The molecule has 0 bridgehead atoms. The Morgan fingerprint density at radius 1 is 1.45 bits per heavy atom. The minimum absolute atomic E-state index is 0. The molecular weight excluding hydrogens is 451 g/mol. The molecule has 4 heterocycles. The molecule has 2 amide bonds. The van der Waals surface area contributed by atoms with Crippen LogP contribution in [0.2, 0.25) is 0 Å². The molecule has 2 N–H and O–H groups in total. The molecule has 0 saturated carbocycles. The van der Waals surface area contributed by atoms with Crippen LogP contribution in [0.3, 0.4) is 0 Å². The number of aliphatic carboxylic acids is 1. The van der Waals surface area contributed by atoms with Crippen LogP contribution in [0.1, 0.15) is 31.3 Å². The van der Waals surface area contributed by atoms with Crippen LogP contribution in [-0.4, -0.2) is 69.8 Å². The Bertz CT molecular complexity index is 930. The van der Waals surface area contributed by atoms with Gasteiger partial charge >= 0.3 is 29.6 Å². The van der Waals surface area contributed by atoms with Crippen molar-refractivity contribution in [3.8, 4) is 0 Å². The Labute approximate surface area is 210 Å².